The summed E-state index contributed by atoms with van der Waals surface area (Å²) in [5, 5.41) is 2.94. The van der Waals surface area contributed by atoms with E-state index >= 15 is 0 Å². The number of hydrogen-bond acceptors (Lipinski definition) is 3. The molecule has 0 aromatic heterocycles. The molecule has 0 radical (unpaired) electrons. The number of nitrogens with zero attached hydrogens (tertiary/aromatic N) is 1. The molecule has 2 aromatic carbocycles. The minimum Gasteiger partial charge on any atom is -0.484 e. The highest BCUT2D eigenvalue weighted by atomic mass is 16.5. The molecule has 0 spiro atoms. The van der Waals surface area contributed by atoms with E-state index in [4.69, 9.17) is 4.74 Å². The highest BCUT2D eigenvalue weighted by molar-refractivity contribution is 5.88. The van der Waals surface area contributed by atoms with Crippen LogP contribution in [-0.2, 0) is 16.0 Å². The SMILES string of the molecule is CC[C@H](C(=O)NC(C)C)N(CCc1ccccc1)C(=O)COc1ccc(C)c(C)c1. The molecule has 0 aliphatic rings. The summed E-state index contributed by atoms with van der Waals surface area (Å²) in [4.78, 5) is 27.5. The number of carbonyl (C=O) groups is 2. The van der Waals surface area contributed by atoms with Gasteiger partial charge in [-0.25, -0.2) is 0 Å². The number of amides is 2. The predicted molar refractivity (Wildman–Crippen MR) is 121 cm³/mol. The second-order valence-corrected chi connectivity index (χ2v) is 7.94. The topological polar surface area (TPSA) is 58.6 Å². The maximum absolute atomic E-state index is 13.1. The number of aryl methyl sites for hydroxylation is 2. The number of nitrogens with one attached hydrogen (secondary N) is 1. The van der Waals surface area contributed by atoms with E-state index in [1.807, 2.05) is 83.1 Å². The lowest BCUT2D eigenvalue weighted by atomic mass is 10.1. The van der Waals surface area contributed by atoms with Gasteiger partial charge in [0.2, 0.25) is 5.91 Å². The molecule has 0 aliphatic heterocycles. The van der Waals surface area contributed by atoms with Gasteiger partial charge in [0, 0.05) is 12.6 Å². The Hall–Kier alpha value is -2.82. The van der Waals surface area contributed by atoms with Gasteiger partial charge in [-0.1, -0.05) is 43.3 Å². The lowest BCUT2D eigenvalue weighted by Gasteiger charge is -2.31. The minimum absolute atomic E-state index is 0.0180. The minimum atomic E-state index is -0.521. The Morgan fingerprint density at radius 2 is 1.73 bits per heavy atom. The van der Waals surface area contributed by atoms with Crippen molar-refractivity contribution in [1.82, 2.24) is 10.2 Å². The Morgan fingerprint density at radius 3 is 2.33 bits per heavy atom. The van der Waals surface area contributed by atoms with Crippen LogP contribution in [0.25, 0.3) is 0 Å². The quantitative estimate of drug-likeness (QED) is 0.643. The lowest BCUT2D eigenvalue weighted by Crippen LogP contribution is -2.52. The van der Waals surface area contributed by atoms with E-state index in [9.17, 15) is 9.59 Å². The van der Waals surface area contributed by atoms with Crippen LogP contribution in [0.3, 0.4) is 0 Å². The van der Waals surface area contributed by atoms with Gasteiger partial charge >= 0.3 is 0 Å². The van der Waals surface area contributed by atoms with Gasteiger partial charge in [-0.05, 0) is 69.4 Å². The number of ether oxygens (including phenoxy) is 1. The van der Waals surface area contributed by atoms with Crippen molar-refractivity contribution < 1.29 is 14.3 Å². The predicted octanol–water partition coefficient (Wildman–Crippen LogP) is 4.06. The Kier molecular flexibility index (Phi) is 8.90. The molecule has 1 atom stereocenters. The summed E-state index contributed by atoms with van der Waals surface area (Å²) in [6.45, 7) is 10.2. The standard InChI is InChI=1S/C25H34N2O3/c1-6-23(25(29)26-18(2)3)27(15-14-21-10-8-7-9-11-21)24(28)17-30-22-13-12-19(4)20(5)16-22/h7-13,16,18,23H,6,14-15,17H2,1-5H3,(H,26,29)/t23-/m1/s1. The van der Waals surface area contributed by atoms with E-state index in [1.165, 1.54) is 5.56 Å². The van der Waals surface area contributed by atoms with Crippen LogP contribution in [0.2, 0.25) is 0 Å². The largest absolute Gasteiger partial charge is 0.484 e. The Balaban J connectivity index is 2.13. The third-order valence-corrected chi connectivity index (χ3v) is 5.14. The Labute approximate surface area is 180 Å². The molecule has 0 saturated heterocycles. The van der Waals surface area contributed by atoms with Crippen molar-refractivity contribution in [2.45, 2.75) is 59.5 Å². The van der Waals surface area contributed by atoms with Gasteiger partial charge in [0.25, 0.3) is 5.91 Å². The van der Waals surface area contributed by atoms with Gasteiger partial charge in [-0.15, -0.1) is 0 Å². The number of benzene rings is 2. The van der Waals surface area contributed by atoms with Crippen LogP contribution in [0.4, 0.5) is 0 Å². The summed E-state index contributed by atoms with van der Waals surface area (Å²) in [6, 6.07) is 15.3. The first-order chi connectivity index (χ1) is 14.3. The summed E-state index contributed by atoms with van der Waals surface area (Å²) in [7, 11) is 0. The van der Waals surface area contributed by atoms with Crippen LogP contribution in [0, 0.1) is 13.8 Å². The van der Waals surface area contributed by atoms with Crippen LogP contribution < -0.4 is 10.1 Å². The van der Waals surface area contributed by atoms with E-state index in [-0.39, 0.29) is 24.5 Å². The highest BCUT2D eigenvalue weighted by Gasteiger charge is 2.28. The van der Waals surface area contributed by atoms with Crippen molar-refractivity contribution in [3.63, 3.8) is 0 Å². The maximum Gasteiger partial charge on any atom is 0.261 e. The van der Waals surface area contributed by atoms with Gasteiger partial charge < -0.3 is 15.0 Å². The van der Waals surface area contributed by atoms with Crippen LogP contribution >= 0.6 is 0 Å². The molecule has 0 saturated carbocycles. The van der Waals surface area contributed by atoms with Crippen molar-refractivity contribution in [2.24, 2.45) is 0 Å². The Morgan fingerprint density at radius 1 is 1.03 bits per heavy atom. The zero-order valence-corrected chi connectivity index (χ0v) is 18.8. The normalized spacial score (nSPS) is 11.8. The molecule has 2 rings (SSSR count). The van der Waals surface area contributed by atoms with Crippen LogP contribution in [0.5, 0.6) is 5.75 Å². The first kappa shape index (κ1) is 23.5. The van der Waals surface area contributed by atoms with Crippen molar-refractivity contribution in [1.29, 1.82) is 0 Å². The average Bonchev–Trinajstić information content (AvgIpc) is 2.71. The van der Waals surface area contributed by atoms with E-state index in [2.05, 4.69) is 5.32 Å². The van der Waals surface area contributed by atoms with Gasteiger partial charge in [-0.2, -0.15) is 0 Å². The number of rotatable bonds is 10. The zero-order chi connectivity index (χ0) is 22.1. The van der Waals surface area contributed by atoms with Crippen LogP contribution in [0.15, 0.2) is 48.5 Å². The molecule has 30 heavy (non-hydrogen) atoms. The molecule has 162 valence electrons. The van der Waals surface area contributed by atoms with E-state index in [0.717, 1.165) is 11.1 Å². The van der Waals surface area contributed by atoms with Crippen LogP contribution in [0.1, 0.15) is 43.9 Å². The molecule has 5 heteroatoms. The molecule has 2 aromatic rings. The van der Waals surface area contributed by atoms with E-state index in [1.54, 1.807) is 4.90 Å². The average molecular weight is 411 g/mol. The third-order valence-electron chi connectivity index (χ3n) is 5.14. The van der Waals surface area contributed by atoms with Gasteiger partial charge in [0.15, 0.2) is 6.61 Å². The van der Waals surface area contributed by atoms with Gasteiger partial charge in [0.05, 0.1) is 0 Å². The summed E-state index contributed by atoms with van der Waals surface area (Å²) < 4.78 is 5.77. The fourth-order valence-electron chi connectivity index (χ4n) is 3.31. The fourth-order valence-corrected chi connectivity index (χ4v) is 3.31. The van der Waals surface area contributed by atoms with Crippen molar-refractivity contribution >= 4 is 11.8 Å². The highest BCUT2D eigenvalue weighted by Crippen LogP contribution is 2.17. The molecule has 1 N–H and O–H groups in total. The van der Waals surface area contributed by atoms with Crippen molar-refractivity contribution in [3.8, 4) is 5.75 Å². The summed E-state index contributed by atoms with van der Waals surface area (Å²) >= 11 is 0. The van der Waals surface area contributed by atoms with E-state index < -0.39 is 6.04 Å². The smallest absolute Gasteiger partial charge is 0.261 e. The Bertz CT molecular complexity index is 834. The molecule has 0 bridgehead atoms. The monoisotopic (exact) mass is 410 g/mol. The van der Waals surface area contributed by atoms with Crippen molar-refractivity contribution in [3.05, 3.63) is 65.2 Å². The number of carbonyl (C=O) groups excluding carboxylic acids is 2. The fraction of sp³-hybridized carbons (Fsp3) is 0.440. The van der Waals surface area contributed by atoms with Gasteiger partial charge in [-0.3, -0.25) is 9.59 Å². The summed E-state index contributed by atoms with van der Waals surface area (Å²) in [5.41, 5.74) is 3.42. The van der Waals surface area contributed by atoms with Gasteiger partial charge in [0.1, 0.15) is 11.8 Å². The molecular weight excluding hydrogens is 376 g/mol. The maximum atomic E-state index is 13.1. The molecular formula is C25H34N2O3. The number of hydrogen-bond donors (Lipinski definition) is 1. The van der Waals surface area contributed by atoms with Crippen LogP contribution in [-0.4, -0.2) is 41.9 Å². The summed E-state index contributed by atoms with van der Waals surface area (Å²) in [6.07, 6.45) is 1.23. The van der Waals surface area contributed by atoms with E-state index in [0.29, 0.717) is 25.1 Å². The first-order valence-electron chi connectivity index (χ1n) is 10.7. The second-order valence-electron chi connectivity index (χ2n) is 7.94. The molecule has 0 aliphatic carbocycles. The lowest BCUT2D eigenvalue weighted by molar-refractivity contribution is -0.142. The van der Waals surface area contributed by atoms with Crippen molar-refractivity contribution in [2.75, 3.05) is 13.2 Å². The third kappa shape index (κ3) is 6.90. The molecule has 5 nitrogen and oxygen atoms in total. The molecule has 2 amide bonds. The molecule has 0 unspecified atom stereocenters. The zero-order valence-electron chi connectivity index (χ0n) is 18.8. The first-order valence-corrected chi connectivity index (χ1v) is 10.7. The molecule has 0 heterocycles. The summed E-state index contributed by atoms with van der Waals surface area (Å²) in [5.74, 6) is 0.351. The second kappa shape index (κ2) is 11.4. The molecule has 0 fully saturated rings.